The molecule has 0 fully saturated rings. The largest absolute Gasteiger partial charge is 0.388 e. The minimum absolute atomic E-state index is 0.120. The number of hydrogen-bond donors (Lipinski definition) is 2. The second-order valence-corrected chi connectivity index (χ2v) is 6.19. The lowest BCUT2D eigenvalue weighted by Crippen LogP contribution is -2.40. The fourth-order valence-electron chi connectivity index (χ4n) is 1.82. The maximum Gasteiger partial charge on any atom is 0.220 e. The highest BCUT2D eigenvalue weighted by Gasteiger charge is 2.19. The number of rotatable bonds is 8. The van der Waals surface area contributed by atoms with Crippen molar-refractivity contribution < 1.29 is 14.3 Å². The maximum atomic E-state index is 13.3. The van der Waals surface area contributed by atoms with Gasteiger partial charge >= 0.3 is 0 Å². The number of hydrogen-bond acceptors (Lipinski definition) is 3. The summed E-state index contributed by atoms with van der Waals surface area (Å²) in [5, 5.41) is 12.6. The Morgan fingerprint density at radius 1 is 1.45 bits per heavy atom. The van der Waals surface area contributed by atoms with Gasteiger partial charge in [-0.2, -0.15) is 0 Å². The summed E-state index contributed by atoms with van der Waals surface area (Å²) in [4.78, 5) is 12.2. The van der Waals surface area contributed by atoms with Gasteiger partial charge in [0.05, 0.1) is 5.60 Å². The molecule has 0 bridgehead atoms. The Kier molecular flexibility index (Phi) is 7.02. The minimum atomic E-state index is -0.858. The Hall–Kier alpha value is -1.07. The van der Waals surface area contributed by atoms with E-state index in [1.165, 1.54) is 17.8 Å². The van der Waals surface area contributed by atoms with E-state index in [4.69, 9.17) is 0 Å². The number of carbonyl (C=O) groups is 1. The molecule has 0 saturated heterocycles. The summed E-state index contributed by atoms with van der Waals surface area (Å²) in [5.41, 5.74) is -0.858. The van der Waals surface area contributed by atoms with Gasteiger partial charge in [-0.05, 0) is 25.5 Å². The average molecular weight is 299 g/mol. The molecule has 1 aromatic rings. The van der Waals surface area contributed by atoms with Crippen LogP contribution in [0.1, 0.15) is 33.1 Å². The molecule has 2 N–H and O–H groups in total. The second kappa shape index (κ2) is 8.27. The van der Waals surface area contributed by atoms with E-state index in [2.05, 4.69) is 5.32 Å². The molecule has 0 aliphatic heterocycles. The van der Waals surface area contributed by atoms with Crippen molar-refractivity contribution in [2.24, 2.45) is 0 Å². The topological polar surface area (TPSA) is 49.3 Å². The van der Waals surface area contributed by atoms with Crippen LogP contribution in [0.15, 0.2) is 29.2 Å². The van der Waals surface area contributed by atoms with E-state index >= 15 is 0 Å². The van der Waals surface area contributed by atoms with Crippen molar-refractivity contribution in [2.45, 2.75) is 43.6 Å². The van der Waals surface area contributed by atoms with Crippen LogP contribution in [-0.2, 0) is 4.79 Å². The molecule has 0 heterocycles. The lowest BCUT2D eigenvalue weighted by Gasteiger charge is -2.22. The van der Waals surface area contributed by atoms with Gasteiger partial charge in [-0.1, -0.05) is 25.5 Å². The zero-order chi connectivity index (χ0) is 15.0. The van der Waals surface area contributed by atoms with Gasteiger partial charge in [0.25, 0.3) is 0 Å². The van der Waals surface area contributed by atoms with Crippen molar-refractivity contribution in [1.29, 1.82) is 0 Å². The van der Waals surface area contributed by atoms with Crippen LogP contribution < -0.4 is 5.32 Å². The zero-order valence-electron chi connectivity index (χ0n) is 12.0. The number of carbonyl (C=O) groups excluding carboxylic acids is 1. The van der Waals surface area contributed by atoms with Crippen LogP contribution in [0.4, 0.5) is 4.39 Å². The van der Waals surface area contributed by atoms with Crippen molar-refractivity contribution in [3.05, 3.63) is 30.1 Å². The normalized spacial score (nSPS) is 13.8. The molecule has 1 unspecified atom stereocenters. The summed E-state index contributed by atoms with van der Waals surface area (Å²) in [7, 11) is 0. The molecule has 20 heavy (non-hydrogen) atoms. The highest BCUT2D eigenvalue weighted by atomic mass is 32.2. The zero-order valence-corrected chi connectivity index (χ0v) is 12.8. The van der Waals surface area contributed by atoms with Gasteiger partial charge in [0.15, 0.2) is 0 Å². The number of halogens is 1. The summed E-state index contributed by atoms with van der Waals surface area (Å²) in [6.07, 6.45) is 1.82. The fourth-order valence-corrected chi connectivity index (χ4v) is 2.71. The van der Waals surface area contributed by atoms with Crippen LogP contribution >= 0.6 is 11.8 Å². The Bertz CT molecular complexity index is 438. The highest BCUT2D eigenvalue weighted by Crippen LogP contribution is 2.21. The molecule has 0 aliphatic carbocycles. The first-order chi connectivity index (χ1) is 9.44. The Labute approximate surface area is 124 Å². The van der Waals surface area contributed by atoms with Crippen LogP contribution in [0, 0.1) is 5.82 Å². The second-order valence-electron chi connectivity index (χ2n) is 5.05. The lowest BCUT2D eigenvalue weighted by atomic mass is 10.0. The maximum absolute atomic E-state index is 13.3. The summed E-state index contributed by atoms with van der Waals surface area (Å²) in [5.74, 6) is 0.136. The van der Waals surface area contributed by atoms with Gasteiger partial charge in [0, 0.05) is 23.6 Å². The number of amides is 1. The Balaban J connectivity index is 2.26. The van der Waals surface area contributed by atoms with Crippen molar-refractivity contribution in [3.8, 4) is 0 Å². The van der Waals surface area contributed by atoms with Crippen LogP contribution in [0.25, 0.3) is 0 Å². The molecular weight excluding hydrogens is 277 g/mol. The molecule has 1 amide bonds. The Morgan fingerprint density at radius 3 is 2.80 bits per heavy atom. The molecule has 1 aromatic carbocycles. The van der Waals surface area contributed by atoms with Crippen LogP contribution in [0.2, 0.25) is 0 Å². The van der Waals surface area contributed by atoms with E-state index in [-0.39, 0.29) is 18.3 Å². The van der Waals surface area contributed by atoms with E-state index in [0.29, 0.717) is 23.5 Å². The van der Waals surface area contributed by atoms with Crippen molar-refractivity contribution in [1.82, 2.24) is 5.32 Å². The van der Waals surface area contributed by atoms with Gasteiger partial charge in [0.2, 0.25) is 5.91 Å². The molecule has 0 radical (unpaired) electrons. The predicted octanol–water partition coefficient (Wildman–Crippen LogP) is 2.98. The van der Waals surface area contributed by atoms with E-state index in [1.807, 2.05) is 6.92 Å². The predicted molar refractivity (Wildman–Crippen MR) is 80.3 cm³/mol. The molecule has 0 aromatic heterocycles. The molecule has 5 heteroatoms. The monoisotopic (exact) mass is 299 g/mol. The molecule has 0 saturated carbocycles. The summed E-state index contributed by atoms with van der Waals surface area (Å²) >= 11 is 1.32. The molecule has 1 atom stereocenters. The number of benzene rings is 1. The first-order valence-electron chi connectivity index (χ1n) is 6.81. The van der Waals surface area contributed by atoms with Gasteiger partial charge < -0.3 is 10.4 Å². The first kappa shape index (κ1) is 17.0. The first-order valence-corrected chi connectivity index (χ1v) is 7.79. The summed E-state index contributed by atoms with van der Waals surface area (Å²) in [6, 6.07) is 6.52. The van der Waals surface area contributed by atoms with Crippen LogP contribution in [0.3, 0.4) is 0 Å². The van der Waals surface area contributed by atoms with E-state index in [9.17, 15) is 14.3 Å². The van der Waals surface area contributed by atoms with E-state index < -0.39 is 5.60 Å². The summed E-state index contributed by atoms with van der Waals surface area (Å²) in [6.45, 7) is 3.95. The lowest BCUT2D eigenvalue weighted by molar-refractivity contribution is -0.121. The van der Waals surface area contributed by atoms with Crippen LogP contribution in [-0.4, -0.2) is 28.9 Å². The number of thioether (sulfide) groups is 1. The van der Waals surface area contributed by atoms with Crippen LogP contribution in [0.5, 0.6) is 0 Å². The van der Waals surface area contributed by atoms with Crippen molar-refractivity contribution in [2.75, 3.05) is 12.3 Å². The van der Waals surface area contributed by atoms with Crippen molar-refractivity contribution in [3.63, 3.8) is 0 Å². The smallest absolute Gasteiger partial charge is 0.220 e. The van der Waals surface area contributed by atoms with E-state index in [1.54, 1.807) is 25.1 Å². The molecule has 112 valence electrons. The molecule has 3 nitrogen and oxygen atoms in total. The molecule has 0 spiro atoms. The standard InChI is InChI=1S/C15H22FNO2S/c1-3-9-15(2,19)11-17-14(18)8-10-20-13-7-5-4-6-12(13)16/h4-7,19H,3,8-11H2,1-2H3,(H,17,18). The highest BCUT2D eigenvalue weighted by molar-refractivity contribution is 7.99. The third-order valence-electron chi connectivity index (χ3n) is 2.88. The van der Waals surface area contributed by atoms with Gasteiger partial charge in [-0.15, -0.1) is 11.8 Å². The summed E-state index contributed by atoms with van der Waals surface area (Å²) < 4.78 is 13.3. The third-order valence-corrected chi connectivity index (χ3v) is 3.93. The number of aliphatic hydroxyl groups is 1. The fraction of sp³-hybridized carbons (Fsp3) is 0.533. The average Bonchev–Trinajstić information content (AvgIpc) is 2.39. The number of nitrogens with one attached hydrogen (secondary N) is 1. The van der Waals surface area contributed by atoms with E-state index in [0.717, 1.165) is 6.42 Å². The van der Waals surface area contributed by atoms with Gasteiger partial charge in [-0.25, -0.2) is 4.39 Å². The molecule has 1 rings (SSSR count). The SMILES string of the molecule is CCCC(C)(O)CNC(=O)CCSc1ccccc1F. The third kappa shape index (κ3) is 6.39. The molecular formula is C15H22FNO2S. The Morgan fingerprint density at radius 2 is 2.15 bits per heavy atom. The molecule has 0 aliphatic rings. The van der Waals surface area contributed by atoms with Gasteiger partial charge in [0.1, 0.15) is 5.82 Å². The van der Waals surface area contributed by atoms with Gasteiger partial charge in [-0.3, -0.25) is 4.79 Å². The minimum Gasteiger partial charge on any atom is -0.388 e. The quantitative estimate of drug-likeness (QED) is 0.726. The van der Waals surface area contributed by atoms with Crippen molar-refractivity contribution >= 4 is 17.7 Å².